The van der Waals surface area contributed by atoms with E-state index in [0.29, 0.717) is 12.0 Å². The van der Waals surface area contributed by atoms with Gasteiger partial charge in [0.05, 0.1) is 0 Å². The van der Waals surface area contributed by atoms with Crippen LogP contribution in [0.25, 0.3) is 0 Å². The summed E-state index contributed by atoms with van der Waals surface area (Å²) in [4.78, 5) is 13.5. The summed E-state index contributed by atoms with van der Waals surface area (Å²) in [6, 6.07) is 10.7. The zero-order valence-corrected chi connectivity index (χ0v) is 11.1. The largest absolute Gasteiger partial charge is 0.330 e. The smallest absolute Gasteiger partial charge is 0.278 e. The summed E-state index contributed by atoms with van der Waals surface area (Å²) in [5, 5.41) is -0.0857. The molecular weight excluding hydrogens is 230 g/mol. The number of piperidine rings is 1. The molecule has 3 heteroatoms. The van der Waals surface area contributed by atoms with E-state index in [4.69, 9.17) is 0 Å². The third-order valence-corrected chi connectivity index (χ3v) is 3.95. The number of thiol groups is 1. The third kappa shape index (κ3) is 2.83. The Morgan fingerprint density at radius 1 is 1.35 bits per heavy atom. The van der Waals surface area contributed by atoms with Crippen molar-refractivity contribution in [1.29, 1.82) is 0 Å². The maximum Gasteiger partial charge on any atom is 0.278 e. The number of likely N-dealkylation sites (tertiary alicyclic amines) is 1. The summed E-state index contributed by atoms with van der Waals surface area (Å²) >= 11 is 3.99. The van der Waals surface area contributed by atoms with Crippen LogP contribution in [0.2, 0.25) is 0 Å². The van der Waals surface area contributed by atoms with Crippen LogP contribution in [-0.2, 0) is 0 Å². The van der Waals surface area contributed by atoms with Gasteiger partial charge in [-0.05, 0) is 24.8 Å². The summed E-state index contributed by atoms with van der Waals surface area (Å²) in [6.07, 6.45) is 3.39. The summed E-state index contributed by atoms with van der Waals surface area (Å²) < 4.78 is 0. The van der Waals surface area contributed by atoms with E-state index in [2.05, 4.69) is 43.8 Å². The first-order chi connectivity index (χ1) is 8.20. The molecule has 1 aliphatic heterocycles. The Morgan fingerprint density at radius 3 is 2.71 bits per heavy atom. The molecule has 2 atom stereocenters. The van der Waals surface area contributed by atoms with Crippen LogP contribution in [0.15, 0.2) is 30.3 Å². The summed E-state index contributed by atoms with van der Waals surface area (Å²) in [5.74, 6) is 0.382. The van der Waals surface area contributed by atoms with Gasteiger partial charge in [0.1, 0.15) is 0 Å². The summed E-state index contributed by atoms with van der Waals surface area (Å²) in [7, 11) is 0. The molecule has 0 saturated carbocycles. The van der Waals surface area contributed by atoms with Gasteiger partial charge in [0.2, 0.25) is 0 Å². The van der Waals surface area contributed by atoms with E-state index in [1.54, 1.807) is 0 Å². The molecule has 2 nitrogen and oxygen atoms in total. The van der Waals surface area contributed by atoms with E-state index in [9.17, 15) is 4.79 Å². The number of carbonyl (C=O) groups is 1. The van der Waals surface area contributed by atoms with Gasteiger partial charge in [-0.1, -0.05) is 49.9 Å². The Labute approximate surface area is 108 Å². The second kappa shape index (κ2) is 5.58. The van der Waals surface area contributed by atoms with Gasteiger partial charge in [-0.15, -0.1) is 0 Å². The van der Waals surface area contributed by atoms with Crippen molar-refractivity contribution < 1.29 is 4.79 Å². The molecule has 1 aliphatic rings. The lowest BCUT2D eigenvalue weighted by Gasteiger charge is -2.38. The number of hydrogen-bond donors (Lipinski definition) is 1. The van der Waals surface area contributed by atoms with Crippen molar-refractivity contribution in [2.45, 2.75) is 38.1 Å². The van der Waals surface area contributed by atoms with Crippen molar-refractivity contribution >= 4 is 17.9 Å². The van der Waals surface area contributed by atoms with Crippen molar-refractivity contribution in [3.63, 3.8) is 0 Å². The van der Waals surface area contributed by atoms with Crippen molar-refractivity contribution in [2.75, 3.05) is 6.54 Å². The molecule has 2 unspecified atom stereocenters. The number of carbonyl (C=O) groups excluding carboxylic acids is 1. The highest BCUT2D eigenvalue weighted by molar-refractivity contribution is 7.96. The van der Waals surface area contributed by atoms with Crippen LogP contribution in [0, 0.1) is 0 Å². The lowest BCUT2D eigenvalue weighted by atomic mass is 9.87. The van der Waals surface area contributed by atoms with Gasteiger partial charge in [0.15, 0.2) is 0 Å². The molecule has 1 amide bonds. The molecule has 1 fully saturated rings. The second-order valence-electron chi connectivity index (χ2n) is 4.74. The Bertz CT molecular complexity index is 379. The van der Waals surface area contributed by atoms with Crippen molar-refractivity contribution in [3.8, 4) is 0 Å². The Morgan fingerprint density at radius 2 is 2.06 bits per heavy atom. The topological polar surface area (TPSA) is 20.3 Å². The first-order valence-electron chi connectivity index (χ1n) is 6.24. The van der Waals surface area contributed by atoms with Crippen molar-refractivity contribution in [1.82, 2.24) is 4.90 Å². The molecule has 1 aromatic rings. The summed E-state index contributed by atoms with van der Waals surface area (Å²) in [6.45, 7) is 3.05. The van der Waals surface area contributed by atoms with Crippen molar-refractivity contribution in [2.24, 2.45) is 0 Å². The molecule has 0 N–H and O–H groups in total. The van der Waals surface area contributed by atoms with E-state index in [0.717, 1.165) is 19.4 Å². The van der Waals surface area contributed by atoms with E-state index >= 15 is 0 Å². The second-order valence-corrected chi connectivity index (χ2v) is 5.12. The lowest BCUT2D eigenvalue weighted by molar-refractivity contribution is 0.160. The number of amides is 1. The zero-order valence-electron chi connectivity index (χ0n) is 10.2. The molecule has 1 saturated heterocycles. The average molecular weight is 249 g/mol. The molecule has 0 aliphatic carbocycles. The minimum absolute atomic E-state index is 0.0857. The maximum atomic E-state index is 11.5. The third-order valence-electron chi connectivity index (χ3n) is 3.70. The van der Waals surface area contributed by atoms with Crippen molar-refractivity contribution in [3.05, 3.63) is 35.9 Å². The van der Waals surface area contributed by atoms with Crippen LogP contribution >= 0.6 is 12.6 Å². The quantitative estimate of drug-likeness (QED) is 0.793. The predicted octanol–water partition coefficient (Wildman–Crippen LogP) is 3.69. The molecule has 17 heavy (non-hydrogen) atoms. The Hall–Kier alpha value is -0.960. The van der Waals surface area contributed by atoms with Gasteiger partial charge in [0.25, 0.3) is 5.24 Å². The first kappa shape index (κ1) is 12.5. The number of benzene rings is 1. The van der Waals surface area contributed by atoms with Crippen LogP contribution < -0.4 is 0 Å². The van der Waals surface area contributed by atoms with Crippen LogP contribution in [0.3, 0.4) is 0 Å². The molecule has 2 rings (SSSR count). The fourth-order valence-corrected chi connectivity index (χ4v) is 2.94. The molecule has 0 radical (unpaired) electrons. The maximum absolute atomic E-state index is 11.5. The molecule has 1 heterocycles. The van der Waals surface area contributed by atoms with E-state index in [-0.39, 0.29) is 5.24 Å². The SMILES string of the molecule is CC(c1ccccc1)C1CCCCN1C(=O)S. The Kier molecular flexibility index (Phi) is 4.11. The lowest BCUT2D eigenvalue weighted by Crippen LogP contribution is -2.44. The Balaban J connectivity index is 2.16. The predicted molar refractivity (Wildman–Crippen MR) is 73.6 cm³/mol. The first-order valence-corrected chi connectivity index (χ1v) is 6.69. The number of hydrogen-bond acceptors (Lipinski definition) is 1. The number of nitrogens with zero attached hydrogens (tertiary/aromatic N) is 1. The molecule has 92 valence electrons. The normalized spacial score (nSPS) is 22.2. The van der Waals surface area contributed by atoms with Gasteiger partial charge >= 0.3 is 0 Å². The van der Waals surface area contributed by atoms with Gasteiger partial charge in [-0.25, -0.2) is 0 Å². The zero-order chi connectivity index (χ0) is 12.3. The van der Waals surface area contributed by atoms with Gasteiger partial charge in [-0.2, -0.15) is 0 Å². The number of rotatable bonds is 2. The fourth-order valence-electron chi connectivity index (χ4n) is 2.69. The minimum Gasteiger partial charge on any atom is -0.330 e. The molecule has 0 aromatic heterocycles. The van der Waals surface area contributed by atoms with Gasteiger partial charge in [-0.3, -0.25) is 4.79 Å². The molecule has 0 bridgehead atoms. The van der Waals surface area contributed by atoms with Crippen LogP contribution in [-0.4, -0.2) is 22.7 Å². The van der Waals surface area contributed by atoms with Gasteiger partial charge < -0.3 is 4.90 Å². The van der Waals surface area contributed by atoms with Crippen LogP contribution in [0.4, 0.5) is 4.79 Å². The molecule has 1 aromatic carbocycles. The standard InChI is InChI=1S/C14H19NOS/c1-11(12-7-3-2-4-8-12)13-9-5-6-10-15(13)14(16)17/h2-4,7-8,11,13H,5-6,9-10H2,1H3,(H,16,17). The van der Waals surface area contributed by atoms with E-state index < -0.39 is 0 Å². The van der Waals surface area contributed by atoms with E-state index in [1.807, 2.05) is 11.0 Å². The highest BCUT2D eigenvalue weighted by atomic mass is 32.1. The fraction of sp³-hybridized carbons (Fsp3) is 0.500. The van der Waals surface area contributed by atoms with Gasteiger partial charge in [0, 0.05) is 18.5 Å². The summed E-state index contributed by atoms with van der Waals surface area (Å²) in [5.41, 5.74) is 1.30. The minimum atomic E-state index is -0.0857. The molecular formula is C14H19NOS. The highest BCUT2D eigenvalue weighted by Gasteiger charge is 2.29. The highest BCUT2D eigenvalue weighted by Crippen LogP contribution is 2.30. The monoisotopic (exact) mass is 249 g/mol. The molecule has 0 spiro atoms. The average Bonchev–Trinajstić information content (AvgIpc) is 2.39. The van der Waals surface area contributed by atoms with E-state index in [1.165, 1.54) is 12.0 Å². The van der Waals surface area contributed by atoms with Crippen LogP contribution in [0.5, 0.6) is 0 Å². The van der Waals surface area contributed by atoms with Crippen LogP contribution in [0.1, 0.15) is 37.7 Å².